The molecule has 2 aromatic carbocycles. The number of carbonyl (C=O) groups is 1. The Morgan fingerprint density at radius 2 is 1.86 bits per heavy atom. The summed E-state index contributed by atoms with van der Waals surface area (Å²) in [6.45, 7) is 1.80. The average Bonchev–Trinajstić information content (AvgIpc) is 3.11. The molecule has 1 unspecified atom stereocenters. The standard InChI is InChI=1S/C21H21ClN6O/c1-12-17(19(23)29)18(15-6-4-5-7-16(15)22)28-21(24-12)25-20(26-28)13-8-10-14(11-9-13)27(2)3/h4-11,18H,1-3H3,(H2,23,29)(H,24,25,26). The predicted octanol–water partition coefficient (Wildman–Crippen LogP) is 3.44. The van der Waals surface area contributed by atoms with Gasteiger partial charge in [-0.1, -0.05) is 29.8 Å². The van der Waals surface area contributed by atoms with Crippen molar-refractivity contribution in [2.24, 2.45) is 5.73 Å². The van der Waals surface area contributed by atoms with Gasteiger partial charge in [0.05, 0.1) is 5.57 Å². The number of halogens is 1. The maximum Gasteiger partial charge on any atom is 0.248 e. The molecule has 1 aromatic heterocycles. The lowest BCUT2D eigenvalue weighted by Gasteiger charge is -2.28. The molecule has 1 aliphatic heterocycles. The summed E-state index contributed by atoms with van der Waals surface area (Å²) in [7, 11) is 3.97. The minimum Gasteiger partial charge on any atom is -0.378 e. The maximum atomic E-state index is 12.3. The molecule has 3 aromatic rings. The number of rotatable bonds is 4. The Morgan fingerprint density at radius 3 is 2.48 bits per heavy atom. The van der Waals surface area contributed by atoms with Gasteiger partial charge in [0, 0.05) is 41.6 Å². The SMILES string of the molecule is CC1=C(C(N)=O)C(c2ccccc2Cl)n2nc(-c3ccc(N(C)C)cc3)nc2N1. The van der Waals surface area contributed by atoms with Gasteiger partial charge in [-0.15, -0.1) is 5.10 Å². The molecule has 3 N–H and O–H groups in total. The minimum atomic E-state index is -0.556. The molecule has 1 amide bonds. The summed E-state index contributed by atoms with van der Waals surface area (Å²) in [5.74, 6) is 0.551. The highest BCUT2D eigenvalue weighted by Crippen LogP contribution is 2.38. The van der Waals surface area contributed by atoms with Crippen LogP contribution in [0.2, 0.25) is 5.02 Å². The van der Waals surface area contributed by atoms with Crippen LogP contribution in [0.4, 0.5) is 11.6 Å². The molecule has 0 saturated carbocycles. The summed E-state index contributed by atoms with van der Waals surface area (Å²) < 4.78 is 1.67. The number of nitrogens with two attached hydrogens (primary N) is 1. The van der Waals surface area contributed by atoms with Gasteiger partial charge in [-0.05, 0) is 37.3 Å². The Labute approximate surface area is 173 Å². The molecule has 2 heterocycles. The van der Waals surface area contributed by atoms with Crippen LogP contribution in [-0.4, -0.2) is 34.8 Å². The lowest BCUT2D eigenvalue weighted by atomic mass is 9.95. The van der Waals surface area contributed by atoms with Gasteiger partial charge in [0.2, 0.25) is 11.9 Å². The molecule has 1 atom stereocenters. The van der Waals surface area contributed by atoms with E-state index < -0.39 is 11.9 Å². The molecule has 0 spiro atoms. The van der Waals surface area contributed by atoms with Gasteiger partial charge >= 0.3 is 0 Å². The zero-order valence-corrected chi connectivity index (χ0v) is 17.1. The van der Waals surface area contributed by atoms with E-state index in [-0.39, 0.29) is 0 Å². The molecule has 0 saturated heterocycles. The third-order valence-corrected chi connectivity index (χ3v) is 5.30. The molecule has 0 aliphatic carbocycles. The number of hydrogen-bond acceptors (Lipinski definition) is 5. The van der Waals surface area contributed by atoms with Crippen LogP contribution >= 0.6 is 11.6 Å². The number of benzene rings is 2. The van der Waals surface area contributed by atoms with Crippen molar-refractivity contribution >= 4 is 29.1 Å². The number of fused-ring (bicyclic) bond motifs is 1. The van der Waals surface area contributed by atoms with Crippen LogP contribution in [0.1, 0.15) is 18.5 Å². The second-order valence-corrected chi connectivity index (χ2v) is 7.50. The number of carbonyl (C=O) groups excluding carboxylic acids is 1. The van der Waals surface area contributed by atoms with Crippen molar-refractivity contribution in [3.05, 3.63) is 70.4 Å². The van der Waals surface area contributed by atoms with Gasteiger partial charge in [-0.2, -0.15) is 4.98 Å². The third kappa shape index (κ3) is 3.34. The second kappa shape index (κ2) is 7.25. The fourth-order valence-corrected chi connectivity index (χ4v) is 3.72. The first kappa shape index (κ1) is 19.0. The van der Waals surface area contributed by atoms with Gasteiger partial charge in [0.15, 0.2) is 5.82 Å². The van der Waals surface area contributed by atoms with Gasteiger partial charge < -0.3 is 16.0 Å². The van der Waals surface area contributed by atoms with Crippen LogP contribution in [0, 0.1) is 0 Å². The fraction of sp³-hybridized carbons (Fsp3) is 0.190. The molecule has 148 valence electrons. The normalized spacial score (nSPS) is 15.7. The van der Waals surface area contributed by atoms with Gasteiger partial charge in [-0.25, -0.2) is 4.68 Å². The number of aromatic nitrogens is 3. The first-order chi connectivity index (χ1) is 13.9. The number of hydrogen-bond donors (Lipinski definition) is 2. The molecule has 8 heteroatoms. The van der Waals surface area contributed by atoms with Crippen molar-refractivity contribution in [2.75, 3.05) is 24.3 Å². The number of anilines is 2. The second-order valence-electron chi connectivity index (χ2n) is 7.10. The number of amides is 1. The Morgan fingerprint density at radius 1 is 1.17 bits per heavy atom. The zero-order valence-electron chi connectivity index (χ0n) is 16.3. The molecular weight excluding hydrogens is 388 g/mol. The highest BCUT2D eigenvalue weighted by atomic mass is 35.5. The zero-order chi connectivity index (χ0) is 20.7. The monoisotopic (exact) mass is 408 g/mol. The molecule has 0 fully saturated rings. The van der Waals surface area contributed by atoms with E-state index >= 15 is 0 Å². The van der Waals surface area contributed by atoms with E-state index in [0.29, 0.717) is 28.1 Å². The number of primary amides is 1. The Hall–Kier alpha value is -3.32. The van der Waals surface area contributed by atoms with Crippen molar-refractivity contribution in [2.45, 2.75) is 13.0 Å². The van der Waals surface area contributed by atoms with Crippen molar-refractivity contribution in [1.82, 2.24) is 14.8 Å². The van der Waals surface area contributed by atoms with E-state index in [1.807, 2.05) is 61.5 Å². The third-order valence-electron chi connectivity index (χ3n) is 4.96. The van der Waals surface area contributed by atoms with Crippen LogP contribution in [0.3, 0.4) is 0 Å². The first-order valence-corrected chi connectivity index (χ1v) is 9.51. The van der Waals surface area contributed by atoms with Gasteiger partial charge in [-0.3, -0.25) is 4.79 Å². The summed E-state index contributed by atoms with van der Waals surface area (Å²) in [5.41, 5.74) is 9.45. The topological polar surface area (TPSA) is 89.1 Å². The van der Waals surface area contributed by atoms with E-state index in [0.717, 1.165) is 16.8 Å². The summed E-state index contributed by atoms with van der Waals surface area (Å²) in [6.07, 6.45) is 0. The summed E-state index contributed by atoms with van der Waals surface area (Å²) in [4.78, 5) is 18.9. The van der Waals surface area contributed by atoms with Gasteiger partial charge in [0.25, 0.3) is 0 Å². The van der Waals surface area contributed by atoms with Crippen LogP contribution in [0.15, 0.2) is 59.8 Å². The van der Waals surface area contributed by atoms with E-state index in [4.69, 9.17) is 22.4 Å². The van der Waals surface area contributed by atoms with Gasteiger partial charge in [0.1, 0.15) is 6.04 Å². The molecule has 0 bridgehead atoms. The van der Waals surface area contributed by atoms with E-state index in [1.54, 1.807) is 17.7 Å². The summed E-state index contributed by atoms with van der Waals surface area (Å²) in [6, 6.07) is 14.8. The van der Waals surface area contributed by atoms with Crippen molar-refractivity contribution in [3.63, 3.8) is 0 Å². The average molecular weight is 409 g/mol. The van der Waals surface area contributed by atoms with Crippen molar-refractivity contribution in [3.8, 4) is 11.4 Å². The largest absolute Gasteiger partial charge is 0.378 e. The summed E-state index contributed by atoms with van der Waals surface area (Å²) >= 11 is 6.45. The Bertz CT molecular complexity index is 1120. The molecule has 1 aliphatic rings. The first-order valence-electron chi connectivity index (χ1n) is 9.13. The number of allylic oxidation sites excluding steroid dienone is 1. The number of nitrogens with zero attached hydrogens (tertiary/aromatic N) is 4. The van der Waals surface area contributed by atoms with Crippen LogP contribution in [-0.2, 0) is 4.79 Å². The van der Waals surface area contributed by atoms with E-state index in [1.165, 1.54) is 0 Å². The lowest BCUT2D eigenvalue weighted by Crippen LogP contribution is -2.32. The van der Waals surface area contributed by atoms with Crippen molar-refractivity contribution in [1.29, 1.82) is 0 Å². The Balaban J connectivity index is 1.84. The van der Waals surface area contributed by atoms with Crippen LogP contribution in [0.5, 0.6) is 0 Å². The summed E-state index contributed by atoms with van der Waals surface area (Å²) in [5, 5.41) is 8.37. The highest BCUT2D eigenvalue weighted by molar-refractivity contribution is 6.31. The van der Waals surface area contributed by atoms with Crippen LogP contribution in [0.25, 0.3) is 11.4 Å². The van der Waals surface area contributed by atoms with Crippen molar-refractivity contribution < 1.29 is 4.79 Å². The molecule has 0 radical (unpaired) electrons. The smallest absolute Gasteiger partial charge is 0.248 e. The molecule has 29 heavy (non-hydrogen) atoms. The fourth-order valence-electron chi connectivity index (χ4n) is 3.49. The predicted molar refractivity (Wildman–Crippen MR) is 115 cm³/mol. The molecule has 4 rings (SSSR count). The highest BCUT2D eigenvalue weighted by Gasteiger charge is 2.34. The molecular formula is C21H21ClN6O. The lowest BCUT2D eigenvalue weighted by molar-refractivity contribution is -0.115. The maximum absolute atomic E-state index is 12.3. The quantitative estimate of drug-likeness (QED) is 0.690. The van der Waals surface area contributed by atoms with E-state index in [2.05, 4.69) is 10.3 Å². The Kier molecular flexibility index (Phi) is 4.76. The minimum absolute atomic E-state index is 0.407. The molecule has 7 nitrogen and oxygen atoms in total. The van der Waals surface area contributed by atoms with E-state index in [9.17, 15) is 4.79 Å². The number of nitrogens with one attached hydrogen (secondary N) is 1. The van der Waals surface area contributed by atoms with Crippen LogP contribution < -0.4 is 16.0 Å².